The number of hydrogen-bond donors (Lipinski definition) is 1. The van der Waals surface area contributed by atoms with E-state index in [9.17, 15) is 13.5 Å². The molecule has 0 saturated carbocycles. The van der Waals surface area contributed by atoms with Crippen LogP contribution >= 0.6 is 0 Å². The summed E-state index contributed by atoms with van der Waals surface area (Å²) in [4.78, 5) is 0.237. The van der Waals surface area contributed by atoms with Gasteiger partial charge in [0.2, 0.25) is 10.0 Å². The van der Waals surface area contributed by atoms with Gasteiger partial charge in [-0.3, -0.25) is 4.68 Å². The van der Waals surface area contributed by atoms with E-state index >= 15 is 0 Å². The molecule has 1 unspecified atom stereocenters. The zero-order valence-corrected chi connectivity index (χ0v) is 14.7. The van der Waals surface area contributed by atoms with E-state index in [1.165, 1.54) is 4.31 Å². The van der Waals surface area contributed by atoms with Crippen LogP contribution in [-0.2, 0) is 17.1 Å². The number of aromatic nitrogens is 2. The molecule has 2 rings (SSSR count). The first kappa shape index (κ1) is 17.7. The van der Waals surface area contributed by atoms with E-state index in [2.05, 4.69) is 5.10 Å². The van der Waals surface area contributed by atoms with Crippen LogP contribution < -0.4 is 0 Å². The van der Waals surface area contributed by atoms with Crippen molar-refractivity contribution in [2.75, 3.05) is 13.7 Å². The maximum absolute atomic E-state index is 13.1. The van der Waals surface area contributed by atoms with Gasteiger partial charge in [0.15, 0.2) is 0 Å². The third-order valence-corrected chi connectivity index (χ3v) is 6.22. The van der Waals surface area contributed by atoms with Gasteiger partial charge in [-0.25, -0.2) is 8.42 Å². The fourth-order valence-electron chi connectivity index (χ4n) is 2.79. The van der Waals surface area contributed by atoms with E-state index in [-0.39, 0.29) is 11.5 Å². The first-order valence-electron chi connectivity index (χ1n) is 7.44. The molecule has 6 nitrogen and oxygen atoms in total. The zero-order chi connectivity index (χ0) is 17.2. The lowest BCUT2D eigenvalue weighted by Gasteiger charge is -2.27. The van der Waals surface area contributed by atoms with Gasteiger partial charge in [0.05, 0.1) is 17.4 Å². The van der Waals surface area contributed by atoms with Crippen molar-refractivity contribution in [2.24, 2.45) is 7.05 Å². The Labute approximate surface area is 137 Å². The predicted octanol–water partition coefficient (Wildman–Crippen LogP) is 1.78. The number of aliphatic hydroxyl groups excluding tert-OH is 1. The molecule has 1 heterocycles. The molecule has 0 fully saturated rings. The van der Waals surface area contributed by atoms with E-state index in [0.29, 0.717) is 17.8 Å². The zero-order valence-electron chi connectivity index (χ0n) is 13.9. The molecule has 2 aromatic rings. The maximum atomic E-state index is 13.1. The number of sulfonamides is 1. The van der Waals surface area contributed by atoms with Gasteiger partial charge in [0.25, 0.3) is 0 Å². The summed E-state index contributed by atoms with van der Waals surface area (Å²) in [5.41, 5.74) is 1.93. The van der Waals surface area contributed by atoms with E-state index in [1.807, 2.05) is 30.3 Å². The molecule has 1 atom stereocenters. The number of nitrogens with zero attached hydrogens (tertiary/aromatic N) is 3. The minimum Gasteiger partial charge on any atom is -0.396 e. The Bertz CT molecular complexity index is 769. The predicted molar refractivity (Wildman–Crippen MR) is 88.5 cm³/mol. The van der Waals surface area contributed by atoms with Crippen molar-refractivity contribution in [3.05, 3.63) is 47.3 Å². The van der Waals surface area contributed by atoms with Crippen molar-refractivity contribution in [3.63, 3.8) is 0 Å². The molecule has 0 saturated heterocycles. The van der Waals surface area contributed by atoms with E-state index in [1.54, 1.807) is 32.6 Å². The standard InChI is InChI=1S/C16H23N3O3S/c1-12-16(13(2)18(3)17-12)23(21,22)19(4)15(10-11-20)14-8-6-5-7-9-14/h5-9,15,20H,10-11H2,1-4H3. The van der Waals surface area contributed by atoms with Crippen LogP contribution in [0, 0.1) is 13.8 Å². The highest BCUT2D eigenvalue weighted by Gasteiger charge is 2.33. The van der Waals surface area contributed by atoms with Gasteiger partial charge in [-0.1, -0.05) is 30.3 Å². The highest BCUT2D eigenvalue weighted by Crippen LogP contribution is 2.31. The number of benzene rings is 1. The van der Waals surface area contributed by atoms with Crippen molar-refractivity contribution in [1.82, 2.24) is 14.1 Å². The van der Waals surface area contributed by atoms with E-state index in [0.717, 1.165) is 5.56 Å². The van der Waals surface area contributed by atoms with Crippen molar-refractivity contribution in [2.45, 2.75) is 31.2 Å². The van der Waals surface area contributed by atoms with Crippen molar-refractivity contribution in [1.29, 1.82) is 0 Å². The van der Waals surface area contributed by atoms with Gasteiger partial charge < -0.3 is 5.11 Å². The minimum absolute atomic E-state index is 0.0928. The Morgan fingerprint density at radius 3 is 2.35 bits per heavy atom. The Morgan fingerprint density at radius 1 is 1.26 bits per heavy atom. The fourth-order valence-corrected chi connectivity index (χ4v) is 4.56. The summed E-state index contributed by atoms with van der Waals surface area (Å²) >= 11 is 0. The number of aliphatic hydroxyl groups is 1. The molecule has 0 aliphatic carbocycles. The van der Waals surface area contributed by atoms with Gasteiger partial charge in [0.1, 0.15) is 4.90 Å². The summed E-state index contributed by atoms with van der Waals surface area (Å²) in [6, 6.07) is 8.92. The lowest BCUT2D eigenvalue weighted by atomic mass is 10.0. The van der Waals surface area contributed by atoms with Gasteiger partial charge in [-0.15, -0.1) is 0 Å². The number of rotatable bonds is 6. The summed E-state index contributed by atoms with van der Waals surface area (Å²) in [6.45, 7) is 3.34. The second-order valence-electron chi connectivity index (χ2n) is 5.58. The average Bonchev–Trinajstić information content (AvgIpc) is 2.78. The molecule has 1 aromatic carbocycles. The molecule has 0 aliphatic rings. The second-order valence-corrected chi connectivity index (χ2v) is 7.52. The third kappa shape index (κ3) is 3.31. The Morgan fingerprint density at radius 2 is 1.87 bits per heavy atom. The van der Waals surface area contributed by atoms with Gasteiger partial charge >= 0.3 is 0 Å². The Hall–Kier alpha value is -1.70. The Balaban J connectivity index is 2.48. The van der Waals surface area contributed by atoms with Crippen molar-refractivity contribution < 1.29 is 13.5 Å². The normalized spacial score (nSPS) is 13.5. The highest BCUT2D eigenvalue weighted by atomic mass is 32.2. The van der Waals surface area contributed by atoms with Crippen LogP contribution in [0.25, 0.3) is 0 Å². The minimum atomic E-state index is -3.71. The van der Waals surface area contributed by atoms with Crippen LogP contribution in [0.2, 0.25) is 0 Å². The first-order valence-corrected chi connectivity index (χ1v) is 8.88. The molecular weight excluding hydrogens is 314 g/mol. The lowest BCUT2D eigenvalue weighted by molar-refractivity contribution is 0.240. The van der Waals surface area contributed by atoms with Crippen LogP contribution in [-0.4, -0.2) is 41.3 Å². The largest absolute Gasteiger partial charge is 0.396 e. The smallest absolute Gasteiger partial charge is 0.247 e. The SMILES string of the molecule is Cc1nn(C)c(C)c1S(=O)(=O)N(C)C(CCO)c1ccccc1. The average molecular weight is 337 g/mol. The maximum Gasteiger partial charge on any atom is 0.247 e. The highest BCUT2D eigenvalue weighted by molar-refractivity contribution is 7.89. The van der Waals surface area contributed by atoms with Crippen LogP contribution in [0.4, 0.5) is 0 Å². The third-order valence-electron chi connectivity index (χ3n) is 4.11. The van der Waals surface area contributed by atoms with Gasteiger partial charge in [-0.2, -0.15) is 9.40 Å². The molecular formula is C16H23N3O3S. The summed E-state index contributed by atoms with van der Waals surface area (Å²) in [7, 11) is -0.434. The molecule has 0 radical (unpaired) electrons. The van der Waals surface area contributed by atoms with Crippen LogP contribution in [0.1, 0.15) is 29.4 Å². The summed E-state index contributed by atoms with van der Waals surface area (Å²) in [5.74, 6) is 0. The molecule has 1 aromatic heterocycles. The molecule has 23 heavy (non-hydrogen) atoms. The molecule has 0 spiro atoms. The van der Waals surface area contributed by atoms with Crippen LogP contribution in [0.15, 0.2) is 35.2 Å². The van der Waals surface area contributed by atoms with Gasteiger partial charge in [0, 0.05) is 20.7 Å². The fraction of sp³-hybridized carbons (Fsp3) is 0.438. The summed E-state index contributed by atoms with van der Waals surface area (Å²) < 4.78 is 29.0. The molecule has 0 amide bonds. The van der Waals surface area contributed by atoms with Crippen molar-refractivity contribution >= 4 is 10.0 Å². The van der Waals surface area contributed by atoms with Crippen molar-refractivity contribution in [3.8, 4) is 0 Å². The topological polar surface area (TPSA) is 75.4 Å². The number of aryl methyl sites for hydroxylation is 2. The number of hydrogen-bond acceptors (Lipinski definition) is 4. The van der Waals surface area contributed by atoms with Gasteiger partial charge in [-0.05, 0) is 25.8 Å². The molecule has 1 N–H and O–H groups in total. The molecule has 0 bridgehead atoms. The quantitative estimate of drug-likeness (QED) is 0.872. The van der Waals surface area contributed by atoms with E-state index < -0.39 is 16.1 Å². The first-order chi connectivity index (χ1) is 10.8. The summed E-state index contributed by atoms with van der Waals surface area (Å²) in [6.07, 6.45) is 0.331. The monoisotopic (exact) mass is 337 g/mol. The lowest BCUT2D eigenvalue weighted by Crippen LogP contribution is -2.32. The van der Waals surface area contributed by atoms with Crippen LogP contribution in [0.3, 0.4) is 0 Å². The summed E-state index contributed by atoms with van der Waals surface area (Å²) in [5, 5.41) is 13.6. The Kier molecular flexibility index (Phi) is 5.23. The van der Waals surface area contributed by atoms with Crippen LogP contribution in [0.5, 0.6) is 0 Å². The molecule has 126 valence electrons. The second kappa shape index (κ2) is 6.82. The molecule has 0 aliphatic heterocycles. The van der Waals surface area contributed by atoms with E-state index in [4.69, 9.17) is 0 Å². The molecule has 7 heteroatoms.